The molecule has 2 rings (SSSR count). The van der Waals surface area contributed by atoms with E-state index in [0.29, 0.717) is 25.6 Å². The summed E-state index contributed by atoms with van der Waals surface area (Å²) in [5.41, 5.74) is 6.37. The molecule has 2 amide bonds. The van der Waals surface area contributed by atoms with Gasteiger partial charge in [0, 0.05) is 14.2 Å². The van der Waals surface area contributed by atoms with E-state index in [1.165, 1.54) is 19.2 Å². The van der Waals surface area contributed by atoms with Crippen molar-refractivity contribution in [1.29, 1.82) is 0 Å². The number of rotatable bonds is 4. The lowest BCUT2D eigenvalue weighted by molar-refractivity contribution is 0.0996. The highest BCUT2D eigenvalue weighted by molar-refractivity contribution is 14.1. The zero-order chi connectivity index (χ0) is 16.3. The summed E-state index contributed by atoms with van der Waals surface area (Å²) in [6, 6.07) is 9.53. The van der Waals surface area contributed by atoms with E-state index >= 15 is 0 Å². The summed E-state index contributed by atoms with van der Waals surface area (Å²) < 4.78 is 5.89. The number of benzene rings is 2. The fourth-order valence-corrected chi connectivity index (χ4v) is 2.94. The minimum absolute atomic E-state index is 0.280. The highest BCUT2D eigenvalue weighted by Crippen LogP contribution is 2.27. The average molecular weight is 431 g/mol. The third-order valence-electron chi connectivity index (χ3n) is 2.91. The molecule has 0 spiro atoms. The van der Waals surface area contributed by atoms with Crippen molar-refractivity contribution in [3.05, 3.63) is 56.1 Å². The van der Waals surface area contributed by atoms with Gasteiger partial charge in [-0.05, 0) is 59.0 Å². The number of nitrogens with two attached hydrogens (primary N) is 1. The molecular weight excluding hydrogens is 419 g/mol. The van der Waals surface area contributed by atoms with Gasteiger partial charge in [-0.3, -0.25) is 9.59 Å². The van der Waals surface area contributed by atoms with Crippen molar-refractivity contribution in [2.45, 2.75) is 0 Å². The van der Waals surface area contributed by atoms with Crippen molar-refractivity contribution in [1.82, 2.24) is 0 Å². The first-order valence-electron chi connectivity index (χ1n) is 6.16. The van der Waals surface area contributed by atoms with Gasteiger partial charge in [0.1, 0.15) is 5.75 Å². The van der Waals surface area contributed by atoms with E-state index in [9.17, 15) is 9.59 Å². The number of hydrogen-bond donors (Lipinski definition) is 2. The molecule has 3 N–H and O–H groups in total. The highest BCUT2D eigenvalue weighted by Gasteiger charge is 2.14. The van der Waals surface area contributed by atoms with E-state index in [4.69, 9.17) is 22.1 Å². The molecule has 0 aliphatic rings. The molecule has 114 valence electrons. The van der Waals surface area contributed by atoms with Crippen LogP contribution in [-0.4, -0.2) is 18.9 Å². The lowest BCUT2D eigenvalue weighted by atomic mass is 10.1. The molecular formula is C15H12ClIN2O3. The second-order valence-electron chi connectivity index (χ2n) is 4.36. The summed E-state index contributed by atoms with van der Waals surface area (Å²) >= 11 is 7.91. The Morgan fingerprint density at radius 2 is 1.95 bits per heavy atom. The van der Waals surface area contributed by atoms with Gasteiger partial charge in [0.25, 0.3) is 5.91 Å². The van der Waals surface area contributed by atoms with Crippen molar-refractivity contribution >= 4 is 51.7 Å². The molecule has 0 unspecified atom stereocenters. The first-order chi connectivity index (χ1) is 10.4. The van der Waals surface area contributed by atoms with Crippen LogP contribution in [0.15, 0.2) is 36.4 Å². The number of ether oxygens (including phenoxy) is 1. The van der Waals surface area contributed by atoms with Gasteiger partial charge >= 0.3 is 0 Å². The molecule has 0 aromatic heterocycles. The van der Waals surface area contributed by atoms with Crippen LogP contribution in [-0.2, 0) is 0 Å². The number of amides is 2. The average Bonchev–Trinajstić information content (AvgIpc) is 2.46. The van der Waals surface area contributed by atoms with Crippen LogP contribution in [0.5, 0.6) is 5.75 Å². The topological polar surface area (TPSA) is 81.4 Å². The molecule has 2 aromatic carbocycles. The van der Waals surface area contributed by atoms with Crippen molar-refractivity contribution < 1.29 is 14.3 Å². The van der Waals surface area contributed by atoms with E-state index in [1.54, 1.807) is 24.3 Å². The number of nitrogens with one attached hydrogen (secondary N) is 1. The second kappa shape index (κ2) is 6.97. The van der Waals surface area contributed by atoms with Gasteiger partial charge in [-0.2, -0.15) is 0 Å². The minimum atomic E-state index is -0.584. The molecule has 0 radical (unpaired) electrons. The predicted molar refractivity (Wildman–Crippen MR) is 93.6 cm³/mol. The number of hydrogen-bond acceptors (Lipinski definition) is 3. The Morgan fingerprint density at radius 1 is 1.23 bits per heavy atom. The van der Waals surface area contributed by atoms with E-state index in [2.05, 4.69) is 5.32 Å². The molecule has 0 heterocycles. The first kappa shape index (κ1) is 16.6. The van der Waals surface area contributed by atoms with Crippen LogP contribution in [0, 0.1) is 3.57 Å². The van der Waals surface area contributed by atoms with Gasteiger partial charge in [0.2, 0.25) is 5.91 Å². The van der Waals surface area contributed by atoms with E-state index < -0.39 is 5.91 Å². The number of primary amides is 1. The molecule has 0 aliphatic carbocycles. The molecule has 0 saturated carbocycles. The van der Waals surface area contributed by atoms with Crippen molar-refractivity contribution in [3.63, 3.8) is 0 Å². The predicted octanol–water partition coefficient (Wildman–Crippen LogP) is 3.30. The molecule has 22 heavy (non-hydrogen) atoms. The van der Waals surface area contributed by atoms with Gasteiger partial charge in [-0.25, -0.2) is 0 Å². The number of carbonyl (C=O) groups is 2. The Bertz CT molecular complexity index is 750. The fourth-order valence-electron chi connectivity index (χ4n) is 1.82. The maximum atomic E-state index is 12.4. The van der Waals surface area contributed by atoms with E-state index in [0.717, 1.165) is 0 Å². The van der Waals surface area contributed by atoms with Crippen LogP contribution in [0.25, 0.3) is 0 Å². The van der Waals surface area contributed by atoms with Crippen LogP contribution in [0.4, 0.5) is 5.69 Å². The van der Waals surface area contributed by atoms with Gasteiger partial charge < -0.3 is 15.8 Å². The minimum Gasteiger partial charge on any atom is -0.495 e. The largest absolute Gasteiger partial charge is 0.495 e. The smallest absolute Gasteiger partial charge is 0.256 e. The number of carbonyl (C=O) groups excluding carboxylic acids is 2. The standard InChI is InChI=1S/C15H12ClIN2O3/c1-22-13-5-2-8(14(18)20)6-12(13)19-15(21)10-4-3-9(16)7-11(10)17/h2-7H,1H3,(H2,18,20)(H,19,21). The summed E-state index contributed by atoms with van der Waals surface area (Å²) in [5, 5.41) is 3.26. The Kier molecular flexibility index (Phi) is 5.25. The maximum absolute atomic E-state index is 12.4. The summed E-state index contributed by atoms with van der Waals surface area (Å²) in [7, 11) is 1.47. The monoisotopic (exact) mass is 430 g/mol. The second-order valence-corrected chi connectivity index (χ2v) is 5.96. The van der Waals surface area contributed by atoms with Crippen molar-refractivity contribution in [3.8, 4) is 5.75 Å². The Labute approximate surface area is 145 Å². The van der Waals surface area contributed by atoms with Crippen molar-refractivity contribution in [2.75, 3.05) is 12.4 Å². The number of halogens is 2. The quantitative estimate of drug-likeness (QED) is 0.730. The molecule has 2 aromatic rings. The normalized spacial score (nSPS) is 10.1. The van der Waals surface area contributed by atoms with Gasteiger partial charge in [0.15, 0.2) is 0 Å². The zero-order valence-electron chi connectivity index (χ0n) is 11.5. The number of methoxy groups -OCH3 is 1. The molecule has 0 bridgehead atoms. The van der Waals surface area contributed by atoms with Gasteiger partial charge in [-0.1, -0.05) is 11.6 Å². The van der Waals surface area contributed by atoms with Crippen LogP contribution in [0.2, 0.25) is 5.02 Å². The molecule has 0 atom stereocenters. The third-order valence-corrected chi connectivity index (χ3v) is 4.04. The summed E-state index contributed by atoms with van der Waals surface area (Å²) in [4.78, 5) is 23.6. The Hall–Kier alpha value is -1.80. The molecule has 0 aliphatic heterocycles. The molecule has 7 heteroatoms. The van der Waals surface area contributed by atoms with Crippen molar-refractivity contribution in [2.24, 2.45) is 5.73 Å². The molecule has 5 nitrogen and oxygen atoms in total. The lowest BCUT2D eigenvalue weighted by Crippen LogP contribution is -2.16. The molecule has 0 saturated heterocycles. The third kappa shape index (κ3) is 3.69. The summed E-state index contributed by atoms with van der Waals surface area (Å²) in [5.74, 6) is -0.484. The fraction of sp³-hybridized carbons (Fsp3) is 0.0667. The van der Waals surface area contributed by atoms with Gasteiger partial charge in [-0.15, -0.1) is 0 Å². The molecule has 0 fully saturated rings. The summed E-state index contributed by atoms with van der Waals surface area (Å²) in [6.07, 6.45) is 0. The highest BCUT2D eigenvalue weighted by atomic mass is 127. The van der Waals surface area contributed by atoms with Crippen LogP contribution in [0.3, 0.4) is 0 Å². The Morgan fingerprint density at radius 3 is 2.55 bits per heavy atom. The van der Waals surface area contributed by atoms with E-state index in [1.807, 2.05) is 22.6 Å². The van der Waals surface area contributed by atoms with Crippen LogP contribution in [0.1, 0.15) is 20.7 Å². The SMILES string of the molecule is COc1ccc(C(N)=O)cc1NC(=O)c1ccc(Cl)cc1I. The van der Waals surface area contributed by atoms with Crippen LogP contribution < -0.4 is 15.8 Å². The summed E-state index contributed by atoms with van der Waals surface area (Å²) in [6.45, 7) is 0. The van der Waals surface area contributed by atoms with E-state index in [-0.39, 0.29) is 11.5 Å². The lowest BCUT2D eigenvalue weighted by Gasteiger charge is -2.12. The number of anilines is 1. The van der Waals surface area contributed by atoms with Gasteiger partial charge in [0.05, 0.1) is 18.4 Å². The maximum Gasteiger partial charge on any atom is 0.256 e. The Balaban J connectivity index is 2.34. The van der Waals surface area contributed by atoms with Crippen LogP contribution >= 0.6 is 34.2 Å². The zero-order valence-corrected chi connectivity index (χ0v) is 14.4. The first-order valence-corrected chi connectivity index (χ1v) is 7.62.